The molecular weight excluding hydrogens is 311 g/mol. The Bertz CT molecular complexity index is 748. The number of benzene rings is 1. The number of aryl methyl sites for hydroxylation is 1. The lowest BCUT2D eigenvalue weighted by Crippen LogP contribution is -2.30. The maximum absolute atomic E-state index is 13.4. The minimum atomic E-state index is -0.577. The van der Waals surface area contributed by atoms with Crippen LogP contribution in [0.3, 0.4) is 0 Å². The lowest BCUT2D eigenvalue weighted by Gasteiger charge is -2.09. The molecule has 0 spiro atoms. The molecule has 0 aliphatic carbocycles. The van der Waals surface area contributed by atoms with Crippen LogP contribution >= 0.6 is 11.6 Å². The van der Waals surface area contributed by atoms with E-state index in [1.54, 1.807) is 6.07 Å². The molecule has 116 valence electrons. The van der Waals surface area contributed by atoms with E-state index in [4.69, 9.17) is 11.6 Å². The number of aromatic nitrogens is 2. The number of carbonyl (C=O) groups excluding carboxylic acids is 1. The molecule has 0 atom stereocenters. The molecule has 2 aromatic rings. The Hall–Kier alpha value is -2.41. The first kappa shape index (κ1) is 16.0. The first-order valence-electron chi connectivity index (χ1n) is 6.49. The summed E-state index contributed by atoms with van der Waals surface area (Å²) < 4.78 is 14.5. The molecule has 22 heavy (non-hydrogen) atoms. The first-order valence-corrected chi connectivity index (χ1v) is 6.87. The molecule has 0 aliphatic heterocycles. The zero-order valence-corrected chi connectivity index (χ0v) is 12.5. The van der Waals surface area contributed by atoms with Crippen LogP contribution in [0.25, 0.3) is 0 Å². The van der Waals surface area contributed by atoms with E-state index in [1.165, 1.54) is 31.4 Å². The van der Waals surface area contributed by atoms with Crippen LogP contribution < -0.4 is 16.2 Å². The van der Waals surface area contributed by atoms with Crippen LogP contribution in [0, 0.1) is 5.82 Å². The summed E-state index contributed by atoms with van der Waals surface area (Å²) in [6.07, 6.45) is 1.42. The minimum absolute atomic E-state index is 0.0178. The molecule has 2 rings (SSSR count). The van der Waals surface area contributed by atoms with Crippen molar-refractivity contribution < 1.29 is 9.18 Å². The van der Waals surface area contributed by atoms with Crippen molar-refractivity contribution in [2.45, 2.75) is 0 Å². The van der Waals surface area contributed by atoms with E-state index in [2.05, 4.69) is 15.7 Å². The topological polar surface area (TPSA) is 76.0 Å². The van der Waals surface area contributed by atoms with Crippen molar-refractivity contribution in [3.8, 4) is 0 Å². The fourth-order valence-corrected chi connectivity index (χ4v) is 1.99. The molecule has 1 aromatic heterocycles. The van der Waals surface area contributed by atoms with Crippen LogP contribution in [0.1, 0.15) is 10.4 Å². The van der Waals surface area contributed by atoms with Gasteiger partial charge >= 0.3 is 0 Å². The van der Waals surface area contributed by atoms with Crippen molar-refractivity contribution in [2.75, 3.05) is 18.4 Å². The molecule has 0 saturated heterocycles. The Morgan fingerprint density at radius 2 is 2.09 bits per heavy atom. The predicted molar refractivity (Wildman–Crippen MR) is 81.7 cm³/mol. The first-order chi connectivity index (χ1) is 10.5. The molecule has 1 aromatic carbocycles. The molecular formula is C14H14ClFN4O2. The maximum atomic E-state index is 13.4. The summed E-state index contributed by atoms with van der Waals surface area (Å²) in [5, 5.41) is 9.31. The van der Waals surface area contributed by atoms with E-state index in [0.29, 0.717) is 12.2 Å². The van der Waals surface area contributed by atoms with Gasteiger partial charge in [0.15, 0.2) is 0 Å². The lowest BCUT2D eigenvalue weighted by atomic mass is 10.2. The second-order valence-corrected chi connectivity index (χ2v) is 4.84. The van der Waals surface area contributed by atoms with Gasteiger partial charge < -0.3 is 10.6 Å². The van der Waals surface area contributed by atoms with Crippen molar-refractivity contribution in [1.82, 2.24) is 15.1 Å². The molecule has 0 radical (unpaired) electrons. The molecule has 0 unspecified atom stereocenters. The third kappa shape index (κ3) is 3.62. The molecule has 1 amide bonds. The molecule has 1 heterocycles. The Labute approximate surface area is 130 Å². The highest BCUT2D eigenvalue weighted by molar-refractivity contribution is 6.32. The minimum Gasteiger partial charge on any atom is -0.381 e. The van der Waals surface area contributed by atoms with Crippen LogP contribution in [0.2, 0.25) is 5.02 Å². The van der Waals surface area contributed by atoms with Gasteiger partial charge in [0.1, 0.15) is 10.8 Å². The largest absolute Gasteiger partial charge is 0.381 e. The highest BCUT2D eigenvalue weighted by Gasteiger charge is 2.10. The fraction of sp³-hybridized carbons (Fsp3) is 0.214. The summed E-state index contributed by atoms with van der Waals surface area (Å²) in [6, 6.07) is 5.72. The smallest absolute Gasteiger partial charge is 0.287 e. The van der Waals surface area contributed by atoms with Gasteiger partial charge in [-0.15, -0.1) is 0 Å². The molecule has 0 fully saturated rings. The highest BCUT2D eigenvalue weighted by Crippen LogP contribution is 2.14. The van der Waals surface area contributed by atoms with E-state index in [0.717, 1.165) is 4.68 Å². The number of anilines is 1. The van der Waals surface area contributed by atoms with Gasteiger partial charge in [-0.2, -0.15) is 5.10 Å². The van der Waals surface area contributed by atoms with E-state index >= 15 is 0 Å². The van der Waals surface area contributed by atoms with Gasteiger partial charge in [-0.25, -0.2) is 9.07 Å². The van der Waals surface area contributed by atoms with E-state index in [9.17, 15) is 14.0 Å². The van der Waals surface area contributed by atoms with Gasteiger partial charge in [-0.3, -0.25) is 9.59 Å². The summed E-state index contributed by atoms with van der Waals surface area (Å²) in [7, 11) is 1.49. The van der Waals surface area contributed by atoms with Crippen LogP contribution in [0.15, 0.2) is 35.3 Å². The Morgan fingerprint density at radius 3 is 2.82 bits per heavy atom. The third-order valence-electron chi connectivity index (χ3n) is 2.92. The molecule has 0 aliphatic rings. The Kier molecular flexibility index (Phi) is 5.11. The average Bonchev–Trinajstić information content (AvgIpc) is 2.51. The quantitative estimate of drug-likeness (QED) is 0.816. The monoisotopic (exact) mass is 324 g/mol. The highest BCUT2D eigenvalue weighted by atomic mass is 35.5. The van der Waals surface area contributed by atoms with E-state index in [-0.39, 0.29) is 17.1 Å². The van der Waals surface area contributed by atoms with Crippen LogP contribution in [-0.2, 0) is 7.05 Å². The van der Waals surface area contributed by atoms with Crippen molar-refractivity contribution in [3.05, 3.63) is 57.2 Å². The normalized spacial score (nSPS) is 10.3. The van der Waals surface area contributed by atoms with Gasteiger partial charge in [-0.05, 0) is 12.1 Å². The second kappa shape index (κ2) is 7.04. The summed E-state index contributed by atoms with van der Waals surface area (Å²) in [4.78, 5) is 23.3. The van der Waals surface area contributed by atoms with Crippen LogP contribution in [0.5, 0.6) is 0 Å². The Balaban J connectivity index is 1.88. The number of nitrogens with zero attached hydrogens (tertiary/aromatic N) is 2. The number of halogens is 2. The summed E-state index contributed by atoms with van der Waals surface area (Å²) >= 11 is 5.88. The zero-order chi connectivity index (χ0) is 16.1. The maximum Gasteiger partial charge on any atom is 0.287 e. The molecule has 6 nitrogen and oxygen atoms in total. The van der Waals surface area contributed by atoms with Gasteiger partial charge in [0.05, 0.1) is 17.4 Å². The number of amides is 1. The number of rotatable bonds is 5. The van der Waals surface area contributed by atoms with Gasteiger partial charge in [0.2, 0.25) is 0 Å². The second-order valence-electron chi connectivity index (χ2n) is 4.46. The van der Waals surface area contributed by atoms with E-state index < -0.39 is 17.3 Å². The average molecular weight is 325 g/mol. The predicted octanol–water partition coefficient (Wildman–Crippen LogP) is 1.41. The summed E-state index contributed by atoms with van der Waals surface area (Å²) in [5.41, 5.74) is -0.0530. The van der Waals surface area contributed by atoms with Crippen molar-refractivity contribution in [1.29, 1.82) is 0 Å². The number of nitrogens with one attached hydrogen (secondary N) is 2. The van der Waals surface area contributed by atoms with Gasteiger partial charge in [0, 0.05) is 20.1 Å². The van der Waals surface area contributed by atoms with Crippen molar-refractivity contribution in [2.24, 2.45) is 7.05 Å². The zero-order valence-electron chi connectivity index (χ0n) is 11.8. The van der Waals surface area contributed by atoms with Crippen LogP contribution in [-0.4, -0.2) is 28.8 Å². The van der Waals surface area contributed by atoms with Crippen LogP contribution in [0.4, 0.5) is 10.1 Å². The SMILES string of the molecule is Cn1ncc(NCCNC(=O)c2ccccc2F)c(Cl)c1=O. The third-order valence-corrected chi connectivity index (χ3v) is 3.29. The molecule has 2 N–H and O–H groups in total. The molecule has 0 saturated carbocycles. The summed E-state index contributed by atoms with van der Waals surface area (Å²) in [6.45, 7) is 0.549. The fourth-order valence-electron chi connectivity index (χ4n) is 1.75. The van der Waals surface area contributed by atoms with E-state index in [1.807, 2.05) is 0 Å². The van der Waals surface area contributed by atoms with Gasteiger partial charge in [-0.1, -0.05) is 23.7 Å². The summed E-state index contributed by atoms with van der Waals surface area (Å²) in [5.74, 6) is -1.08. The number of carbonyl (C=O) groups is 1. The van der Waals surface area contributed by atoms with Crippen molar-refractivity contribution >= 4 is 23.2 Å². The number of hydrogen-bond donors (Lipinski definition) is 2. The van der Waals surface area contributed by atoms with Crippen molar-refractivity contribution in [3.63, 3.8) is 0 Å². The lowest BCUT2D eigenvalue weighted by molar-refractivity contribution is 0.0951. The molecule has 0 bridgehead atoms. The van der Waals surface area contributed by atoms with Gasteiger partial charge in [0.25, 0.3) is 11.5 Å². The number of hydrogen-bond acceptors (Lipinski definition) is 4. The molecule has 8 heteroatoms. The Morgan fingerprint density at radius 1 is 1.36 bits per heavy atom. The standard InChI is InChI=1S/C14H14ClFN4O2/c1-20-14(22)12(15)11(8-19-20)17-6-7-18-13(21)9-4-2-3-5-10(9)16/h2-5,8,17H,6-7H2,1H3,(H,18,21).